The second-order valence-electron chi connectivity index (χ2n) is 16.1. The summed E-state index contributed by atoms with van der Waals surface area (Å²) in [5.74, 6) is 0.0115. The van der Waals surface area contributed by atoms with E-state index in [1.165, 1.54) is 0 Å². The molecule has 3 saturated heterocycles. The molecule has 0 saturated carbocycles. The highest BCUT2D eigenvalue weighted by atomic mass is 16.3. The third-order valence-corrected chi connectivity index (χ3v) is 11.8. The Hall–Kier alpha value is -6.07. The van der Waals surface area contributed by atoms with Crippen molar-refractivity contribution in [3.63, 3.8) is 0 Å². The van der Waals surface area contributed by atoms with Crippen LogP contribution in [0.15, 0.2) is 54.7 Å². The standard InChI is InChI=1S/C42H51N11O6/c1-4-28(24-54)45-34-18-35(53-38(47-34)31(20-44-53)25(2)3)43-19-26-8-10-29(11-9-26)46-42(59)51-22-27(23-51)21-49-14-16-50(17-15-49)32-7-5-6-30-37(32)41(58)52(40(30)57)33-12-13-36(55)48-39(33)56/h5-11,18,20,25,27-28,33,43,54H,4,12-17,19,21-24H2,1-3H3,(H,45,47)(H,46,59)(H,48,55,56)/t28-,33?/m0/s1. The van der Waals surface area contributed by atoms with Gasteiger partial charge in [-0.05, 0) is 48.6 Å². The molecule has 4 aliphatic heterocycles. The Morgan fingerprint density at radius 3 is 2.46 bits per heavy atom. The average molecular weight is 806 g/mol. The zero-order chi connectivity index (χ0) is 41.4. The molecule has 6 heterocycles. The zero-order valence-corrected chi connectivity index (χ0v) is 33.6. The van der Waals surface area contributed by atoms with Gasteiger partial charge >= 0.3 is 6.03 Å². The summed E-state index contributed by atoms with van der Waals surface area (Å²) in [6, 6.07) is 13.7. The maximum Gasteiger partial charge on any atom is 0.321 e. The van der Waals surface area contributed by atoms with E-state index >= 15 is 0 Å². The minimum Gasteiger partial charge on any atom is -0.394 e. The van der Waals surface area contributed by atoms with Gasteiger partial charge in [0, 0.05) is 82.0 Å². The molecule has 0 spiro atoms. The van der Waals surface area contributed by atoms with Crippen LogP contribution in [-0.2, 0) is 16.1 Å². The van der Waals surface area contributed by atoms with Crippen molar-refractivity contribution in [1.82, 2.24) is 34.6 Å². The van der Waals surface area contributed by atoms with Crippen molar-refractivity contribution >= 4 is 58.3 Å². The topological polar surface area (TPSA) is 197 Å². The van der Waals surface area contributed by atoms with Gasteiger partial charge in [-0.25, -0.2) is 9.78 Å². The Morgan fingerprint density at radius 2 is 1.76 bits per heavy atom. The fourth-order valence-corrected chi connectivity index (χ4v) is 8.32. The molecule has 6 amide bonds. The largest absolute Gasteiger partial charge is 0.394 e. The number of hydrogen-bond acceptors (Lipinski definition) is 12. The lowest BCUT2D eigenvalue weighted by Crippen LogP contribution is -2.57. The number of hydrogen-bond donors (Lipinski definition) is 5. The highest BCUT2D eigenvalue weighted by molar-refractivity contribution is 6.25. The third kappa shape index (κ3) is 8.04. The van der Waals surface area contributed by atoms with E-state index in [2.05, 4.69) is 50.0 Å². The van der Waals surface area contributed by atoms with Gasteiger partial charge in [0.25, 0.3) is 11.8 Å². The van der Waals surface area contributed by atoms with Gasteiger partial charge in [0.05, 0.1) is 35.7 Å². The number of imide groups is 2. The number of rotatable bonds is 13. The summed E-state index contributed by atoms with van der Waals surface area (Å²) in [6.07, 6.45) is 2.80. The summed E-state index contributed by atoms with van der Waals surface area (Å²) in [5, 5.41) is 26.4. The maximum atomic E-state index is 13.6. The van der Waals surface area contributed by atoms with Crippen LogP contribution in [0.4, 0.5) is 27.8 Å². The Kier molecular flexibility index (Phi) is 11.2. The summed E-state index contributed by atoms with van der Waals surface area (Å²) in [4.78, 5) is 76.3. The first kappa shape index (κ1) is 39.7. The van der Waals surface area contributed by atoms with E-state index in [0.29, 0.717) is 61.4 Å². The van der Waals surface area contributed by atoms with Crippen molar-refractivity contribution in [2.75, 3.05) is 73.3 Å². The summed E-state index contributed by atoms with van der Waals surface area (Å²) in [5.41, 5.74) is 4.82. The second kappa shape index (κ2) is 16.7. The molecule has 4 aliphatic rings. The van der Waals surface area contributed by atoms with Gasteiger partial charge < -0.3 is 30.9 Å². The number of fused-ring (bicyclic) bond motifs is 2. The summed E-state index contributed by atoms with van der Waals surface area (Å²) < 4.78 is 1.80. The number of anilines is 4. The van der Waals surface area contributed by atoms with Gasteiger partial charge in [0.15, 0.2) is 5.65 Å². The van der Waals surface area contributed by atoms with Crippen LogP contribution < -0.4 is 26.2 Å². The van der Waals surface area contributed by atoms with E-state index in [9.17, 15) is 29.1 Å². The number of carbonyl (C=O) groups excluding carboxylic acids is 5. The molecule has 0 bridgehead atoms. The number of nitrogens with one attached hydrogen (secondary N) is 4. The fourth-order valence-electron chi connectivity index (χ4n) is 8.32. The Balaban J connectivity index is 0.800. The quantitative estimate of drug-likeness (QED) is 0.124. The molecule has 59 heavy (non-hydrogen) atoms. The molecule has 310 valence electrons. The number of aromatic nitrogens is 3. The van der Waals surface area contributed by atoms with Crippen LogP contribution in [0.25, 0.3) is 5.65 Å². The summed E-state index contributed by atoms with van der Waals surface area (Å²) >= 11 is 0. The number of amides is 6. The molecule has 2 atom stereocenters. The minimum absolute atomic E-state index is 0.00904. The lowest BCUT2D eigenvalue weighted by molar-refractivity contribution is -0.136. The summed E-state index contributed by atoms with van der Waals surface area (Å²) in [6.45, 7) is 11.8. The Bertz CT molecular complexity index is 2260. The Labute approximate surface area is 342 Å². The number of carbonyl (C=O) groups is 5. The molecule has 1 unspecified atom stereocenters. The van der Waals surface area contributed by atoms with Gasteiger partial charge in [-0.3, -0.25) is 34.3 Å². The predicted octanol–water partition coefficient (Wildman–Crippen LogP) is 3.33. The van der Waals surface area contributed by atoms with Crippen LogP contribution in [0.5, 0.6) is 0 Å². The number of piperidine rings is 1. The highest BCUT2D eigenvalue weighted by Gasteiger charge is 2.46. The van der Waals surface area contributed by atoms with E-state index in [1.54, 1.807) is 16.6 Å². The summed E-state index contributed by atoms with van der Waals surface area (Å²) in [7, 11) is 0. The van der Waals surface area contributed by atoms with Crippen LogP contribution >= 0.6 is 0 Å². The smallest absolute Gasteiger partial charge is 0.321 e. The van der Waals surface area contributed by atoms with Crippen molar-refractivity contribution in [2.24, 2.45) is 5.92 Å². The predicted molar refractivity (Wildman–Crippen MR) is 221 cm³/mol. The molecule has 0 aliphatic carbocycles. The number of urea groups is 1. The molecule has 17 heteroatoms. The van der Waals surface area contributed by atoms with Crippen molar-refractivity contribution in [2.45, 2.75) is 64.6 Å². The fraction of sp³-hybridized carbons (Fsp3) is 0.452. The van der Waals surface area contributed by atoms with Crippen LogP contribution in [-0.4, -0.2) is 129 Å². The number of aliphatic hydroxyl groups excluding tert-OH is 1. The first-order valence-corrected chi connectivity index (χ1v) is 20.5. The van der Waals surface area contributed by atoms with Gasteiger partial charge in [0.2, 0.25) is 11.8 Å². The van der Waals surface area contributed by atoms with Gasteiger partial charge in [0.1, 0.15) is 17.7 Å². The van der Waals surface area contributed by atoms with Crippen molar-refractivity contribution in [3.8, 4) is 0 Å². The third-order valence-electron chi connectivity index (χ3n) is 11.8. The van der Waals surface area contributed by atoms with Crippen LogP contribution in [0.3, 0.4) is 0 Å². The molecular formula is C42H51N11O6. The van der Waals surface area contributed by atoms with Crippen molar-refractivity contribution < 1.29 is 29.1 Å². The van der Waals surface area contributed by atoms with Gasteiger partial charge in [-0.15, -0.1) is 0 Å². The monoisotopic (exact) mass is 805 g/mol. The van der Waals surface area contributed by atoms with Crippen molar-refractivity contribution in [3.05, 3.63) is 77.0 Å². The average Bonchev–Trinajstić information content (AvgIpc) is 3.76. The second-order valence-corrected chi connectivity index (χ2v) is 16.1. The van der Waals surface area contributed by atoms with Gasteiger partial charge in [-0.1, -0.05) is 39.0 Å². The number of likely N-dealkylation sites (tertiary alicyclic amines) is 1. The number of nitrogens with zero attached hydrogens (tertiary/aromatic N) is 7. The minimum atomic E-state index is -1.000. The molecule has 0 radical (unpaired) electrons. The molecule has 2 aromatic heterocycles. The first-order chi connectivity index (χ1) is 28.5. The molecule has 3 fully saturated rings. The number of aliphatic hydroxyl groups is 1. The van der Waals surface area contributed by atoms with E-state index < -0.39 is 29.7 Å². The van der Waals surface area contributed by atoms with Crippen LogP contribution in [0, 0.1) is 5.92 Å². The molecule has 2 aromatic carbocycles. The molecule has 5 N–H and O–H groups in total. The molecule has 4 aromatic rings. The maximum absolute atomic E-state index is 13.6. The van der Waals surface area contributed by atoms with E-state index in [0.717, 1.165) is 53.5 Å². The zero-order valence-electron chi connectivity index (χ0n) is 33.6. The highest BCUT2D eigenvalue weighted by Crippen LogP contribution is 2.35. The Morgan fingerprint density at radius 1 is 1.00 bits per heavy atom. The molecule has 17 nitrogen and oxygen atoms in total. The van der Waals surface area contributed by atoms with E-state index in [1.807, 2.05) is 54.4 Å². The molecular weight excluding hydrogens is 755 g/mol. The lowest BCUT2D eigenvalue weighted by atomic mass is 9.99. The van der Waals surface area contributed by atoms with Crippen LogP contribution in [0.1, 0.15) is 77.8 Å². The van der Waals surface area contributed by atoms with E-state index in [-0.39, 0.29) is 43.0 Å². The number of benzene rings is 2. The van der Waals surface area contributed by atoms with Gasteiger partial charge in [-0.2, -0.15) is 9.61 Å². The van der Waals surface area contributed by atoms with Crippen molar-refractivity contribution in [1.29, 1.82) is 0 Å². The normalized spacial score (nSPS) is 19.3. The van der Waals surface area contributed by atoms with Crippen LogP contribution in [0.2, 0.25) is 0 Å². The molecule has 8 rings (SSSR count). The first-order valence-electron chi connectivity index (χ1n) is 20.5. The number of piperazine rings is 1. The van der Waals surface area contributed by atoms with E-state index in [4.69, 9.17) is 4.98 Å². The SMILES string of the molecule is CC[C@@H](CO)Nc1cc(NCc2ccc(NC(=O)N3CC(CN4CCN(c5cccc6c5C(=O)N(C5CCC(=O)NC5=O)C6=O)CC4)C3)cc2)n2ncc(C(C)C)c2n1. The lowest BCUT2D eigenvalue weighted by Gasteiger charge is -2.44.